The smallest absolute Gasteiger partial charge is 0.172 e. The molecule has 3 heteroatoms. The van der Waals surface area contributed by atoms with Crippen molar-refractivity contribution in [2.24, 2.45) is 0 Å². The number of aryl methyl sites for hydroxylation is 1. The minimum Gasteiger partial charge on any atom is -0.319 e. The van der Waals surface area contributed by atoms with E-state index in [0.29, 0.717) is 0 Å². The quantitative estimate of drug-likeness (QED) is 0.302. The maximum Gasteiger partial charge on any atom is 0.172 e. The predicted molar refractivity (Wildman–Crippen MR) is 104 cm³/mol. The molecule has 0 spiro atoms. The first-order valence-electron chi connectivity index (χ1n) is 8.93. The fraction of sp³-hybridized carbons (Fsp3) is 0.632. The van der Waals surface area contributed by atoms with E-state index in [-0.39, 0.29) is 0 Å². The molecule has 0 radical (unpaired) electrons. The van der Waals surface area contributed by atoms with Crippen LogP contribution in [0.25, 0.3) is 11.0 Å². The molecule has 0 amide bonds. The zero-order valence-electron chi connectivity index (χ0n) is 13.9. The molecule has 1 heterocycles. The van der Waals surface area contributed by atoms with Gasteiger partial charge in [0.15, 0.2) is 3.83 Å². The van der Waals surface area contributed by atoms with Gasteiger partial charge < -0.3 is 4.57 Å². The SMILES string of the molecule is CCCCCCCCCCCCn1c(I)nc2ccccc21. The van der Waals surface area contributed by atoms with Crippen LogP contribution in [0.1, 0.15) is 71.1 Å². The standard InChI is InChI=1S/C19H29IN2/c1-2-3-4-5-6-7-8-9-10-13-16-22-18-15-12-11-14-17(18)21-19(22)20/h11-12,14-15H,2-10,13,16H2,1H3. The molecule has 0 aliphatic heterocycles. The zero-order valence-corrected chi connectivity index (χ0v) is 16.0. The van der Waals surface area contributed by atoms with Crippen molar-refractivity contribution in [3.63, 3.8) is 0 Å². The molecule has 0 saturated heterocycles. The molecule has 2 rings (SSSR count). The van der Waals surface area contributed by atoms with Gasteiger partial charge in [-0.3, -0.25) is 0 Å². The highest BCUT2D eigenvalue weighted by Gasteiger charge is 2.06. The first-order chi connectivity index (χ1) is 10.8. The van der Waals surface area contributed by atoms with Crippen LogP contribution in [0.5, 0.6) is 0 Å². The van der Waals surface area contributed by atoms with Gasteiger partial charge in [-0.05, 0) is 41.1 Å². The van der Waals surface area contributed by atoms with Gasteiger partial charge in [-0.25, -0.2) is 4.98 Å². The minimum atomic E-state index is 1.11. The average Bonchev–Trinajstić information content (AvgIpc) is 2.85. The molecule has 0 aliphatic rings. The van der Waals surface area contributed by atoms with Crippen molar-refractivity contribution in [2.75, 3.05) is 0 Å². The Morgan fingerprint density at radius 2 is 1.45 bits per heavy atom. The summed E-state index contributed by atoms with van der Waals surface area (Å²) in [4.78, 5) is 4.63. The Morgan fingerprint density at radius 1 is 0.864 bits per heavy atom. The number of hydrogen-bond acceptors (Lipinski definition) is 1. The first kappa shape index (κ1) is 17.8. The third kappa shape index (κ3) is 5.56. The molecule has 0 saturated carbocycles. The Kier molecular flexibility index (Phi) is 8.27. The maximum atomic E-state index is 4.63. The molecule has 0 atom stereocenters. The van der Waals surface area contributed by atoms with Crippen molar-refractivity contribution in [2.45, 2.75) is 77.7 Å². The average molecular weight is 412 g/mol. The normalized spacial score (nSPS) is 11.4. The molecular formula is C19H29IN2. The van der Waals surface area contributed by atoms with Gasteiger partial charge in [-0.1, -0.05) is 76.8 Å². The lowest BCUT2D eigenvalue weighted by molar-refractivity contribution is 0.535. The molecule has 0 fully saturated rings. The van der Waals surface area contributed by atoms with Crippen LogP contribution >= 0.6 is 22.6 Å². The summed E-state index contributed by atoms with van der Waals surface area (Å²) >= 11 is 2.36. The maximum absolute atomic E-state index is 4.63. The van der Waals surface area contributed by atoms with Gasteiger partial charge in [0, 0.05) is 6.54 Å². The third-order valence-electron chi connectivity index (χ3n) is 4.34. The summed E-state index contributed by atoms with van der Waals surface area (Å²) in [7, 11) is 0. The van der Waals surface area contributed by atoms with Gasteiger partial charge in [0.2, 0.25) is 0 Å². The van der Waals surface area contributed by atoms with E-state index in [1.807, 2.05) is 0 Å². The van der Waals surface area contributed by atoms with Gasteiger partial charge in [-0.2, -0.15) is 0 Å². The first-order valence-corrected chi connectivity index (χ1v) is 10.0. The van der Waals surface area contributed by atoms with E-state index in [2.05, 4.69) is 63.3 Å². The lowest BCUT2D eigenvalue weighted by atomic mass is 10.1. The monoisotopic (exact) mass is 412 g/mol. The highest BCUT2D eigenvalue weighted by atomic mass is 127. The van der Waals surface area contributed by atoms with Crippen LogP contribution in [0.2, 0.25) is 0 Å². The summed E-state index contributed by atoms with van der Waals surface area (Å²) in [6, 6.07) is 8.46. The second-order valence-corrected chi connectivity index (χ2v) is 7.17. The summed E-state index contributed by atoms with van der Waals surface area (Å²) < 4.78 is 3.48. The summed E-state index contributed by atoms with van der Waals surface area (Å²) in [6.45, 7) is 3.39. The number of aromatic nitrogens is 2. The van der Waals surface area contributed by atoms with Gasteiger partial charge in [0.25, 0.3) is 0 Å². The van der Waals surface area contributed by atoms with Gasteiger partial charge in [0.05, 0.1) is 11.0 Å². The minimum absolute atomic E-state index is 1.11. The van der Waals surface area contributed by atoms with Crippen LogP contribution in [0.4, 0.5) is 0 Å². The van der Waals surface area contributed by atoms with Crippen LogP contribution in [0.3, 0.4) is 0 Å². The number of hydrogen-bond donors (Lipinski definition) is 0. The summed E-state index contributed by atoms with van der Waals surface area (Å²) in [5, 5.41) is 0. The summed E-state index contributed by atoms with van der Waals surface area (Å²) in [5.41, 5.74) is 2.40. The molecule has 2 nitrogen and oxygen atoms in total. The van der Waals surface area contributed by atoms with E-state index < -0.39 is 0 Å². The fourth-order valence-corrected chi connectivity index (χ4v) is 3.78. The molecule has 1 aromatic carbocycles. The van der Waals surface area contributed by atoms with Crippen LogP contribution in [-0.4, -0.2) is 9.55 Å². The zero-order chi connectivity index (χ0) is 15.6. The molecule has 0 bridgehead atoms. The number of para-hydroxylation sites is 2. The molecule has 0 aliphatic carbocycles. The number of halogens is 1. The molecule has 22 heavy (non-hydrogen) atoms. The van der Waals surface area contributed by atoms with Gasteiger partial charge >= 0.3 is 0 Å². The van der Waals surface area contributed by atoms with E-state index in [9.17, 15) is 0 Å². The highest BCUT2D eigenvalue weighted by Crippen LogP contribution is 2.18. The lowest BCUT2D eigenvalue weighted by Crippen LogP contribution is -2.00. The van der Waals surface area contributed by atoms with Crippen molar-refractivity contribution >= 4 is 33.6 Å². The van der Waals surface area contributed by atoms with Crippen molar-refractivity contribution in [1.82, 2.24) is 9.55 Å². The van der Waals surface area contributed by atoms with Gasteiger partial charge in [0.1, 0.15) is 0 Å². The van der Waals surface area contributed by atoms with E-state index in [4.69, 9.17) is 0 Å². The summed E-state index contributed by atoms with van der Waals surface area (Å²) in [6.07, 6.45) is 13.9. The molecule has 0 unspecified atom stereocenters. The molecular weight excluding hydrogens is 383 g/mol. The van der Waals surface area contributed by atoms with Crippen molar-refractivity contribution in [3.8, 4) is 0 Å². The molecule has 1 aromatic heterocycles. The molecule has 2 aromatic rings. The van der Waals surface area contributed by atoms with Gasteiger partial charge in [-0.15, -0.1) is 0 Å². The van der Waals surface area contributed by atoms with E-state index in [1.165, 1.54) is 69.7 Å². The Bertz CT molecular complexity index is 547. The molecule has 122 valence electrons. The van der Waals surface area contributed by atoms with Crippen LogP contribution in [-0.2, 0) is 6.54 Å². The Morgan fingerprint density at radius 3 is 2.14 bits per heavy atom. The number of benzene rings is 1. The number of rotatable bonds is 11. The second-order valence-electron chi connectivity index (χ2n) is 6.20. The van der Waals surface area contributed by atoms with E-state index in [1.54, 1.807) is 0 Å². The van der Waals surface area contributed by atoms with Crippen LogP contribution in [0, 0.1) is 3.83 Å². The number of imidazole rings is 1. The Labute approximate surface area is 148 Å². The summed E-state index contributed by atoms with van der Waals surface area (Å²) in [5.74, 6) is 0. The Hall–Kier alpha value is -0.580. The van der Waals surface area contributed by atoms with E-state index in [0.717, 1.165) is 15.9 Å². The largest absolute Gasteiger partial charge is 0.319 e. The number of fused-ring (bicyclic) bond motifs is 1. The number of unbranched alkanes of at least 4 members (excludes halogenated alkanes) is 9. The van der Waals surface area contributed by atoms with Crippen LogP contribution in [0.15, 0.2) is 24.3 Å². The van der Waals surface area contributed by atoms with Crippen LogP contribution < -0.4 is 0 Å². The van der Waals surface area contributed by atoms with Crippen molar-refractivity contribution < 1.29 is 0 Å². The lowest BCUT2D eigenvalue weighted by Gasteiger charge is -2.06. The third-order valence-corrected chi connectivity index (χ3v) is 5.17. The topological polar surface area (TPSA) is 17.8 Å². The Balaban J connectivity index is 1.59. The highest BCUT2D eigenvalue weighted by molar-refractivity contribution is 14.1. The number of nitrogens with zero attached hydrogens (tertiary/aromatic N) is 2. The second kappa shape index (κ2) is 10.2. The van der Waals surface area contributed by atoms with Crippen molar-refractivity contribution in [1.29, 1.82) is 0 Å². The fourth-order valence-electron chi connectivity index (χ4n) is 3.02. The van der Waals surface area contributed by atoms with Crippen molar-refractivity contribution in [3.05, 3.63) is 28.1 Å². The van der Waals surface area contributed by atoms with E-state index >= 15 is 0 Å². The predicted octanol–water partition coefficient (Wildman–Crippen LogP) is 6.56. The molecule has 0 N–H and O–H groups in total.